The monoisotopic (exact) mass is 263 g/mol. The number of carboxylic acids is 1. The Bertz CT molecular complexity index is 454. The summed E-state index contributed by atoms with van der Waals surface area (Å²) in [6.07, 6.45) is 7.98. The maximum atomic E-state index is 11.2. The van der Waals surface area contributed by atoms with E-state index in [1.165, 1.54) is 5.56 Å². The molecule has 0 radical (unpaired) electrons. The maximum Gasteiger partial charge on any atom is 0.306 e. The van der Waals surface area contributed by atoms with Crippen molar-refractivity contribution in [1.29, 1.82) is 0 Å². The van der Waals surface area contributed by atoms with Crippen molar-refractivity contribution in [2.75, 3.05) is 6.54 Å². The van der Waals surface area contributed by atoms with Gasteiger partial charge < -0.3 is 14.8 Å². The van der Waals surface area contributed by atoms with Gasteiger partial charge in [0.1, 0.15) is 5.76 Å². The Morgan fingerprint density at radius 1 is 1.37 bits per heavy atom. The molecule has 1 aromatic rings. The van der Waals surface area contributed by atoms with E-state index in [1.54, 1.807) is 6.26 Å². The zero-order valence-corrected chi connectivity index (χ0v) is 11.1. The maximum absolute atomic E-state index is 11.2. The molecule has 0 aromatic carbocycles. The number of aliphatic carboxylic acids is 1. The molecule has 0 aliphatic heterocycles. The lowest BCUT2D eigenvalue weighted by Crippen LogP contribution is -2.32. The minimum absolute atomic E-state index is 0.153. The summed E-state index contributed by atoms with van der Waals surface area (Å²) in [7, 11) is 0. The quantitative estimate of drug-likeness (QED) is 0.876. The van der Waals surface area contributed by atoms with Crippen LogP contribution in [0.4, 0.5) is 0 Å². The summed E-state index contributed by atoms with van der Waals surface area (Å²) in [4.78, 5) is 11.2. The zero-order chi connectivity index (χ0) is 13.2. The second-order valence-electron chi connectivity index (χ2n) is 5.79. The molecule has 4 nitrogen and oxygen atoms in total. The van der Waals surface area contributed by atoms with Crippen LogP contribution in [0, 0.1) is 11.8 Å². The van der Waals surface area contributed by atoms with E-state index in [0.717, 1.165) is 50.8 Å². The number of rotatable bonds is 4. The summed E-state index contributed by atoms with van der Waals surface area (Å²) < 4.78 is 5.48. The van der Waals surface area contributed by atoms with Crippen molar-refractivity contribution in [1.82, 2.24) is 5.32 Å². The molecule has 1 heterocycles. The van der Waals surface area contributed by atoms with E-state index in [-0.39, 0.29) is 11.8 Å². The molecular formula is C15H21NO3. The Morgan fingerprint density at radius 3 is 3.11 bits per heavy atom. The third-order valence-electron chi connectivity index (χ3n) is 4.65. The number of nitrogens with one attached hydrogen (secondary N) is 1. The van der Waals surface area contributed by atoms with Gasteiger partial charge in [0, 0.05) is 18.0 Å². The summed E-state index contributed by atoms with van der Waals surface area (Å²) in [5.41, 5.74) is 1.27. The molecule has 3 atom stereocenters. The van der Waals surface area contributed by atoms with Crippen LogP contribution in [0.1, 0.15) is 49.5 Å². The fourth-order valence-corrected chi connectivity index (χ4v) is 3.60. The highest BCUT2D eigenvalue weighted by atomic mass is 16.4. The third-order valence-corrected chi connectivity index (χ3v) is 4.65. The molecule has 0 amide bonds. The highest BCUT2D eigenvalue weighted by molar-refractivity contribution is 5.70. The SMILES string of the molecule is O=C(O)C1CCCC1CNC1CCCc2occc21. The van der Waals surface area contributed by atoms with Crippen molar-refractivity contribution in [3.8, 4) is 0 Å². The normalized spacial score (nSPS) is 30.2. The topological polar surface area (TPSA) is 62.5 Å². The van der Waals surface area contributed by atoms with Gasteiger partial charge in [0.2, 0.25) is 0 Å². The van der Waals surface area contributed by atoms with Gasteiger partial charge >= 0.3 is 5.97 Å². The van der Waals surface area contributed by atoms with E-state index >= 15 is 0 Å². The van der Waals surface area contributed by atoms with Crippen molar-refractivity contribution < 1.29 is 14.3 Å². The van der Waals surface area contributed by atoms with Gasteiger partial charge in [0.05, 0.1) is 12.2 Å². The van der Waals surface area contributed by atoms with Crippen molar-refractivity contribution in [3.05, 3.63) is 23.7 Å². The van der Waals surface area contributed by atoms with Gasteiger partial charge in [-0.1, -0.05) is 6.42 Å². The first-order chi connectivity index (χ1) is 9.25. The van der Waals surface area contributed by atoms with E-state index in [9.17, 15) is 9.90 Å². The molecule has 4 heteroatoms. The van der Waals surface area contributed by atoms with Gasteiger partial charge in [-0.3, -0.25) is 4.79 Å². The van der Waals surface area contributed by atoms with Crippen molar-refractivity contribution in [2.45, 2.75) is 44.6 Å². The lowest BCUT2D eigenvalue weighted by molar-refractivity contribution is -0.142. The molecule has 3 rings (SSSR count). The molecule has 3 unspecified atom stereocenters. The smallest absolute Gasteiger partial charge is 0.306 e. The summed E-state index contributed by atoms with van der Waals surface area (Å²) in [5, 5.41) is 12.8. The number of carboxylic acid groups (broad SMARTS) is 1. The predicted molar refractivity (Wildman–Crippen MR) is 70.9 cm³/mol. The minimum atomic E-state index is -0.628. The first kappa shape index (κ1) is 12.7. The standard InChI is InChI=1S/C15H21NO3/c17-15(18)11-4-1-3-10(11)9-16-13-5-2-6-14-12(13)7-8-19-14/h7-8,10-11,13,16H,1-6,9H2,(H,17,18). The fourth-order valence-electron chi connectivity index (χ4n) is 3.60. The summed E-state index contributed by atoms with van der Waals surface area (Å²) in [6, 6.07) is 2.40. The molecule has 104 valence electrons. The van der Waals surface area contributed by atoms with Crippen LogP contribution in [0.25, 0.3) is 0 Å². The Hall–Kier alpha value is -1.29. The van der Waals surface area contributed by atoms with Crippen LogP contribution in [0.5, 0.6) is 0 Å². The number of fused-ring (bicyclic) bond motifs is 1. The molecule has 19 heavy (non-hydrogen) atoms. The van der Waals surface area contributed by atoms with Crippen LogP contribution in [0.15, 0.2) is 16.7 Å². The molecule has 0 spiro atoms. The van der Waals surface area contributed by atoms with E-state index in [1.807, 2.05) is 0 Å². The van der Waals surface area contributed by atoms with E-state index in [4.69, 9.17) is 4.42 Å². The highest BCUT2D eigenvalue weighted by Crippen LogP contribution is 2.34. The second kappa shape index (κ2) is 5.37. The number of carbonyl (C=O) groups is 1. The number of hydrogen-bond donors (Lipinski definition) is 2. The number of aryl methyl sites for hydroxylation is 1. The van der Waals surface area contributed by atoms with Gasteiger partial charge in [0.25, 0.3) is 0 Å². The molecule has 1 aromatic heterocycles. The molecule has 0 bridgehead atoms. The Morgan fingerprint density at radius 2 is 2.26 bits per heavy atom. The first-order valence-corrected chi connectivity index (χ1v) is 7.28. The van der Waals surface area contributed by atoms with E-state index in [0.29, 0.717) is 6.04 Å². The van der Waals surface area contributed by atoms with Crippen LogP contribution < -0.4 is 5.32 Å². The van der Waals surface area contributed by atoms with Crippen molar-refractivity contribution in [3.63, 3.8) is 0 Å². The molecule has 2 aliphatic carbocycles. The first-order valence-electron chi connectivity index (χ1n) is 7.28. The van der Waals surface area contributed by atoms with Gasteiger partial charge in [-0.15, -0.1) is 0 Å². The molecular weight excluding hydrogens is 242 g/mol. The predicted octanol–water partition coefficient (Wildman–Crippen LogP) is 2.75. The van der Waals surface area contributed by atoms with Crippen LogP contribution in [0.3, 0.4) is 0 Å². The summed E-state index contributed by atoms with van der Waals surface area (Å²) in [6.45, 7) is 0.812. The summed E-state index contributed by atoms with van der Waals surface area (Å²) >= 11 is 0. The van der Waals surface area contributed by atoms with Crippen LogP contribution >= 0.6 is 0 Å². The average Bonchev–Trinajstić information content (AvgIpc) is 3.04. The lowest BCUT2D eigenvalue weighted by Gasteiger charge is -2.25. The third kappa shape index (κ3) is 2.54. The van der Waals surface area contributed by atoms with Crippen LogP contribution in [-0.2, 0) is 11.2 Å². The Kier molecular flexibility index (Phi) is 3.60. The second-order valence-corrected chi connectivity index (χ2v) is 5.79. The van der Waals surface area contributed by atoms with E-state index in [2.05, 4.69) is 11.4 Å². The Balaban J connectivity index is 1.60. The Labute approximate surface area is 113 Å². The largest absolute Gasteiger partial charge is 0.481 e. The van der Waals surface area contributed by atoms with Gasteiger partial charge in [0.15, 0.2) is 0 Å². The highest BCUT2D eigenvalue weighted by Gasteiger charge is 2.33. The molecule has 2 N–H and O–H groups in total. The summed E-state index contributed by atoms with van der Waals surface area (Å²) in [5.74, 6) is 0.608. The molecule has 1 saturated carbocycles. The molecule has 2 aliphatic rings. The zero-order valence-electron chi connectivity index (χ0n) is 11.1. The fraction of sp³-hybridized carbons (Fsp3) is 0.667. The lowest BCUT2D eigenvalue weighted by atomic mass is 9.91. The molecule has 1 fully saturated rings. The number of hydrogen-bond acceptors (Lipinski definition) is 3. The van der Waals surface area contributed by atoms with Crippen LogP contribution in [0.2, 0.25) is 0 Å². The van der Waals surface area contributed by atoms with Crippen molar-refractivity contribution in [2.24, 2.45) is 11.8 Å². The van der Waals surface area contributed by atoms with Crippen molar-refractivity contribution >= 4 is 5.97 Å². The van der Waals surface area contributed by atoms with Crippen LogP contribution in [-0.4, -0.2) is 17.6 Å². The van der Waals surface area contributed by atoms with E-state index < -0.39 is 5.97 Å². The minimum Gasteiger partial charge on any atom is -0.481 e. The van der Waals surface area contributed by atoms with Gasteiger partial charge in [-0.05, 0) is 44.2 Å². The van der Waals surface area contributed by atoms with Gasteiger partial charge in [-0.2, -0.15) is 0 Å². The molecule has 0 saturated heterocycles. The van der Waals surface area contributed by atoms with Gasteiger partial charge in [-0.25, -0.2) is 0 Å². The number of furan rings is 1. The average molecular weight is 263 g/mol.